The minimum absolute atomic E-state index is 0.0749. The lowest BCUT2D eigenvalue weighted by Gasteiger charge is -2.32. The van der Waals surface area contributed by atoms with Crippen molar-refractivity contribution in [2.45, 2.75) is 51.7 Å². The van der Waals surface area contributed by atoms with Gasteiger partial charge in [-0.15, -0.1) is 0 Å². The van der Waals surface area contributed by atoms with Crippen LogP contribution in [0.2, 0.25) is 0 Å². The van der Waals surface area contributed by atoms with Crippen molar-refractivity contribution < 1.29 is 32.6 Å². The molecule has 10 heteroatoms. The molecule has 0 N–H and O–H groups in total. The van der Waals surface area contributed by atoms with E-state index in [9.17, 15) is 4.39 Å². The predicted octanol–water partition coefficient (Wildman–Crippen LogP) is 6.21. The number of ether oxygens (including phenoxy) is 5. The highest BCUT2D eigenvalue weighted by atomic mass is 19.1. The van der Waals surface area contributed by atoms with Gasteiger partial charge in [-0.3, -0.25) is 9.80 Å². The molecule has 9 nitrogen and oxygen atoms in total. The SMILES string of the molecule is COc1ccc(CN(C)Cc2c(OCc3ccc(F)cc3)ccc3c(CCC4CCN(CC5OCCO5)CC4)noc23)c(OC)c1. The number of hydrogen-bond donors (Lipinski definition) is 0. The number of halogens is 1. The van der Waals surface area contributed by atoms with Crippen molar-refractivity contribution in [3.05, 3.63) is 82.8 Å². The topological polar surface area (TPSA) is 78.7 Å². The van der Waals surface area contributed by atoms with Crippen LogP contribution in [0, 0.1) is 11.7 Å². The molecule has 246 valence electrons. The van der Waals surface area contributed by atoms with Crippen molar-refractivity contribution in [2.24, 2.45) is 5.92 Å². The number of likely N-dealkylation sites (tertiary alicyclic amines) is 1. The van der Waals surface area contributed by atoms with Gasteiger partial charge in [0, 0.05) is 36.7 Å². The molecule has 0 radical (unpaired) electrons. The average molecular weight is 634 g/mol. The lowest BCUT2D eigenvalue weighted by Crippen LogP contribution is -2.39. The molecule has 2 fully saturated rings. The van der Waals surface area contributed by atoms with Gasteiger partial charge in [0.1, 0.15) is 29.7 Å². The minimum atomic E-state index is -0.269. The van der Waals surface area contributed by atoms with Gasteiger partial charge in [0.2, 0.25) is 0 Å². The summed E-state index contributed by atoms with van der Waals surface area (Å²) in [6.45, 7) is 5.90. The van der Waals surface area contributed by atoms with Crippen LogP contribution in [0.3, 0.4) is 0 Å². The molecule has 46 heavy (non-hydrogen) atoms. The second-order valence-corrected chi connectivity index (χ2v) is 12.3. The summed E-state index contributed by atoms with van der Waals surface area (Å²) in [6.07, 6.45) is 4.18. The third kappa shape index (κ3) is 7.98. The number of rotatable bonds is 14. The van der Waals surface area contributed by atoms with Crippen LogP contribution in [-0.4, -0.2) is 75.4 Å². The lowest BCUT2D eigenvalue weighted by atomic mass is 9.91. The molecule has 4 aromatic rings. The molecule has 0 amide bonds. The Balaban J connectivity index is 1.16. The second-order valence-electron chi connectivity index (χ2n) is 12.3. The quantitative estimate of drug-likeness (QED) is 0.161. The van der Waals surface area contributed by atoms with E-state index in [2.05, 4.69) is 28.1 Å². The van der Waals surface area contributed by atoms with Gasteiger partial charge in [0.25, 0.3) is 0 Å². The van der Waals surface area contributed by atoms with E-state index in [1.807, 2.05) is 24.3 Å². The monoisotopic (exact) mass is 633 g/mol. The Bertz CT molecular complexity index is 1560. The number of nitrogens with zero attached hydrogens (tertiary/aromatic N) is 3. The second kappa shape index (κ2) is 15.3. The molecule has 0 saturated carbocycles. The van der Waals surface area contributed by atoms with Gasteiger partial charge in [-0.25, -0.2) is 4.39 Å². The molecule has 0 aliphatic carbocycles. The Morgan fingerprint density at radius 2 is 1.72 bits per heavy atom. The first-order chi connectivity index (χ1) is 22.5. The van der Waals surface area contributed by atoms with E-state index in [-0.39, 0.29) is 12.1 Å². The highest BCUT2D eigenvalue weighted by molar-refractivity contribution is 5.84. The van der Waals surface area contributed by atoms with Crippen molar-refractivity contribution in [3.63, 3.8) is 0 Å². The molecule has 2 aliphatic rings. The molecule has 0 unspecified atom stereocenters. The lowest BCUT2D eigenvalue weighted by molar-refractivity contribution is -0.0661. The van der Waals surface area contributed by atoms with E-state index in [1.54, 1.807) is 26.4 Å². The fraction of sp³-hybridized carbons (Fsp3) is 0.472. The number of aryl methyl sites for hydroxylation is 1. The summed E-state index contributed by atoms with van der Waals surface area (Å²) in [4.78, 5) is 4.65. The number of hydrogen-bond acceptors (Lipinski definition) is 9. The first-order valence-electron chi connectivity index (χ1n) is 16.1. The minimum Gasteiger partial charge on any atom is -0.497 e. The van der Waals surface area contributed by atoms with Crippen LogP contribution >= 0.6 is 0 Å². The van der Waals surface area contributed by atoms with E-state index in [1.165, 1.54) is 12.1 Å². The van der Waals surface area contributed by atoms with E-state index >= 15 is 0 Å². The maximum atomic E-state index is 13.5. The Kier molecular flexibility index (Phi) is 10.7. The van der Waals surface area contributed by atoms with Crippen LogP contribution in [0.5, 0.6) is 17.2 Å². The standard InChI is InChI=1S/C36H44FN3O6/c1-39(21-27-7-10-29(41-2)20-34(27)42-3)22-31-33(45-24-26-4-8-28(37)9-5-26)13-11-30-32(38-46-36(30)31)12-6-25-14-16-40(17-15-25)23-35-43-18-19-44-35/h4-5,7-11,13,20,25,35H,6,12,14-19,21-24H2,1-3H3. The maximum Gasteiger partial charge on any atom is 0.175 e. The number of piperidine rings is 1. The van der Waals surface area contributed by atoms with E-state index in [0.717, 1.165) is 95.9 Å². The molecule has 1 aromatic heterocycles. The zero-order valence-electron chi connectivity index (χ0n) is 27.0. The van der Waals surface area contributed by atoms with Gasteiger partial charge >= 0.3 is 0 Å². The fourth-order valence-electron chi connectivity index (χ4n) is 6.42. The van der Waals surface area contributed by atoms with Gasteiger partial charge in [0.05, 0.1) is 38.7 Å². The smallest absolute Gasteiger partial charge is 0.175 e. The summed E-state index contributed by atoms with van der Waals surface area (Å²) < 4.78 is 48.2. The Morgan fingerprint density at radius 1 is 0.935 bits per heavy atom. The van der Waals surface area contributed by atoms with Crippen molar-refractivity contribution in [1.82, 2.24) is 15.0 Å². The normalized spacial score (nSPS) is 16.5. The largest absolute Gasteiger partial charge is 0.497 e. The number of methoxy groups -OCH3 is 2. The van der Waals surface area contributed by atoms with Crippen molar-refractivity contribution in [3.8, 4) is 17.2 Å². The molecule has 3 heterocycles. The van der Waals surface area contributed by atoms with Crippen LogP contribution in [0.1, 0.15) is 41.6 Å². The van der Waals surface area contributed by atoms with Crippen LogP contribution in [0.25, 0.3) is 11.0 Å². The van der Waals surface area contributed by atoms with Crippen LogP contribution in [0.4, 0.5) is 4.39 Å². The van der Waals surface area contributed by atoms with Crippen molar-refractivity contribution in [1.29, 1.82) is 0 Å². The van der Waals surface area contributed by atoms with Crippen molar-refractivity contribution >= 4 is 11.0 Å². The maximum absolute atomic E-state index is 13.5. The first-order valence-corrected chi connectivity index (χ1v) is 16.1. The zero-order valence-corrected chi connectivity index (χ0v) is 27.0. The van der Waals surface area contributed by atoms with Crippen LogP contribution < -0.4 is 14.2 Å². The van der Waals surface area contributed by atoms with E-state index in [0.29, 0.717) is 38.8 Å². The first kappa shape index (κ1) is 32.2. The third-order valence-electron chi connectivity index (χ3n) is 9.04. The summed E-state index contributed by atoms with van der Waals surface area (Å²) in [5.41, 5.74) is 4.58. The average Bonchev–Trinajstić information content (AvgIpc) is 3.75. The van der Waals surface area contributed by atoms with Gasteiger partial charge in [-0.1, -0.05) is 23.4 Å². The Hall–Kier alpha value is -3.70. The summed E-state index contributed by atoms with van der Waals surface area (Å²) in [7, 11) is 5.37. The summed E-state index contributed by atoms with van der Waals surface area (Å²) in [6, 6.07) is 16.3. The van der Waals surface area contributed by atoms with Gasteiger partial charge in [0.15, 0.2) is 11.9 Å². The molecule has 0 atom stereocenters. The van der Waals surface area contributed by atoms with Gasteiger partial charge in [-0.2, -0.15) is 0 Å². The molecular formula is C36H44FN3O6. The number of fused-ring (bicyclic) bond motifs is 1. The fourth-order valence-corrected chi connectivity index (χ4v) is 6.42. The summed E-state index contributed by atoms with van der Waals surface area (Å²) in [5, 5.41) is 5.58. The Morgan fingerprint density at radius 3 is 2.46 bits per heavy atom. The molecule has 0 spiro atoms. The predicted molar refractivity (Wildman–Crippen MR) is 173 cm³/mol. The molecule has 0 bridgehead atoms. The zero-order chi connectivity index (χ0) is 31.9. The van der Waals surface area contributed by atoms with Crippen LogP contribution in [0.15, 0.2) is 59.1 Å². The molecule has 2 aliphatic heterocycles. The van der Waals surface area contributed by atoms with Gasteiger partial charge < -0.3 is 28.2 Å². The number of aromatic nitrogens is 1. The number of benzene rings is 3. The summed E-state index contributed by atoms with van der Waals surface area (Å²) >= 11 is 0. The van der Waals surface area contributed by atoms with E-state index < -0.39 is 0 Å². The summed E-state index contributed by atoms with van der Waals surface area (Å²) in [5.74, 6) is 2.62. The van der Waals surface area contributed by atoms with Crippen molar-refractivity contribution in [2.75, 3.05) is 54.1 Å². The highest BCUT2D eigenvalue weighted by Crippen LogP contribution is 2.34. The molecular weight excluding hydrogens is 589 g/mol. The Labute approximate surface area is 270 Å². The highest BCUT2D eigenvalue weighted by Gasteiger charge is 2.25. The van der Waals surface area contributed by atoms with Gasteiger partial charge in [-0.05, 0) is 87.6 Å². The van der Waals surface area contributed by atoms with Crippen LogP contribution in [-0.2, 0) is 35.6 Å². The third-order valence-corrected chi connectivity index (χ3v) is 9.04. The van der Waals surface area contributed by atoms with E-state index in [4.69, 9.17) is 28.2 Å². The molecule has 6 rings (SSSR count). The molecule has 2 saturated heterocycles. The molecule has 3 aromatic carbocycles.